The van der Waals surface area contributed by atoms with E-state index in [1.54, 1.807) is 0 Å². The summed E-state index contributed by atoms with van der Waals surface area (Å²) in [6.45, 7) is 4.73. The summed E-state index contributed by atoms with van der Waals surface area (Å²) in [6, 6.07) is 20.2. The molecule has 2 amide bonds. The van der Waals surface area contributed by atoms with Crippen LogP contribution in [-0.4, -0.2) is 50.3 Å². The minimum atomic E-state index is -0.122. The van der Waals surface area contributed by atoms with Crippen LogP contribution in [-0.2, 0) is 11.2 Å². The highest BCUT2D eigenvalue weighted by atomic mass is 16.5. The number of hydrogen-bond acceptors (Lipinski definition) is 3. The molecule has 5 heteroatoms. The smallest absolute Gasteiger partial charge is 0.315 e. The van der Waals surface area contributed by atoms with Crippen molar-refractivity contribution in [2.45, 2.75) is 12.5 Å². The van der Waals surface area contributed by atoms with E-state index in [4.69, 9.17) is 4.74 Å². The second-order valence-electron chi connectivity index (χ2n) is 6.51. The SMILES string of the molecule is O=C(NCCc1ccccc1)N[C@H](CN1CCOCC1)c1ccccc1. The molecule has 0 radical (unpaired) electrons. The molecule has 1 atom stereocenters. The molecule has 1 aliphatic rings. The number of ether oxygens (including phenoxy) is 1. The second-order valence-corrected chi connectivity index (χ2v) is 6.51. The first-order valence-corrected chi connectivity index (χ1v) is 9.24. The first-order chi connectivity index (χ1) is 12.8. The van der Waals surface area contributed by atoms with Gasteiger partial charge in [0.25, 0.3) is 0 Å². The van der Waals surface area contributed by atoms with Gasteiger partial charge in [0.2, 0.25) is 0 Å². The zero-order valence-electron chi connectivity index (χ0n) is 15.1. The molecule has 2 aromatic carbocycles. The Bertz CT molecular complexity index is 657. The van der Waals surface area contributed by atoms with E-state index in [-0.39, 0.29) is 12.1 Å². The Morgan fingerprint density at radius 3 is 2.35 bits per heavy atom. The lowest BCUT2D eigenvalue weighted by Gasteiger charge is -2.31. The Labute approximate surface area is 155 Å². The Morgan fingerprint density at radius 2 is 1.65 bits per heavy atom. The highest BCUT2D eigenvalue weighted by Crippen LogP contribution is 2.15. The van der Waals surface area contributed by atoms with Gasteiger partial charge in [-0.15, -0.1) is 0 Å². The fourth-order valence-electron chi connectivity index (χ4n) is 3.14. The summed E-state index contributed by atoms with van der Waals surface area (Å²) in [5.41, 5.74) is 2.35. The highest BCUT2D eigenvalue weighted by molar-refractivity contribution is 5.74. The number of carbonyl (C=O) groups excluding carboxylic acids is 1. The van der Waals surface area contributed by atoms with Gasteiger partial charge in [-0.3, -0.25) is 4.90 Å². The Kier molecular flexibility index (Phi) is 7.05. The van der Waals surface area contributed by atoms with Gasteiger partial charge < -0.3 is 15.4 Å². The van der Waals surface area contributed by atoms with Gasteiger partial charge in [0.15, 0.2) is 0 Å². The molecule has 2 N–H and O–H groups in total. The number of amides is 2. The maximum absolute atomic E-state index is 12.4. The predicted molar refractivity (Wildman–Crippen MR) is 103 cm³/mol. The van der Waals surface area contributed by atoms with Crippen LogP contribution in [0.5, 0.6) is 0 Å². The Hall–Kier alpha value is -2.37. The maximum atomic E-state index is 12.4. The van der Waals surface area contributed by atoms with Crippen LogP contribution in [0.1, 0.15) is 17.2 Å². The van der Waals surface area contributed by atoms with E-state index in [1.807, 2.05) is 36.4 Å². The van der Waals surface area contributed by atoms with Crippen LogP contribution in [0.4, 0.5) is 4.79 Å². The number of rotatable bonds is 7. The predicted octanol–water partition coefficient (Wildman–Crippen LogP) is 2.60. The molecular weight excluding hydrogens is 326 g/mol. The van der Waals surface area contributed by atoms with Crippen LogP contribution < -0.4 is 10.6 Å². The molecule has 2 aromatic rings. The topological polar surface area (TPSA) is 53.6 Å². The van der Waals surface area contributed by atoms with E-state index in [0.717, 1.165) is 44.8 Å². The van der Waals surface area contributed by atoms with E-state index in [9.17, 15) is 4.79 Å². The average molecular weight is 353 g/mol. The standard InChI is InChI=1S/C21H27N3O2/c25-21(22-12-11-18-7-3-1-4-8-18)23-20(19-9-5-2-6-10-19)17-24-13-15-26-16-14-24/h1-10,20H,11-17H2,(H2,22,23,25)/t20-/m1/s1. The summed E-state index contributed by atoms with van der Waals surface area (Å²) in [5, 5.41) is 6.11. The summed E-state index contributed by atoms with van der Waals surface area (Å²) in [6.07, 6.45) is 0.827. The number of carbonyl (C=O) groups is 1. The van der Waals surface area contributed by atoms with E-state index in [0.29, 0.717) is 6.54 Å². The second kappa shape index (κ2) is 9.94. The molecule has 1 aliphatic heterocycles. The van der Waals surface area contributed by atoms with Crippen molar-refractivity contribution in [2.24, 2.45) is 0 Å². The van der Waals surface area contributed by atoms with E-state index in [2.05, 4.69) is 39.8 Å². The molecule has 1 heterocycles. The van der Waals surface area contributed by atoms with Crippen molar-refractivity contribution in [3.05, 3.63) is 71.8 Å². The van der Waals surface area contributed by atoms with Gasteiger partial charge in [-0.2, -0.15) is 0 Å². The summed E-state index contributed by atoms with van der Waals surface area (Å²) < 4.78 is 5.42. The van der Waals surface area contributed by atoms with Gasteiger partial charge in [-0.25, -0.2) is 4.79 Å². The third kappa shape index (κ3) is 5.86. The van der Waals surface area contributed by atoms with Gasteiger partial charge in [0, 0.05) is 26.2 Å². The van der Waals surface area contributed by atoms with Crippen molar-refractivity contribution < 1.29 is 9.53 Å². The van der Waals surface area contributed by atoms with Crippen molar-refractivity contribution in [2.75, 3.05) is 39.4 Å². The highest BCUT2D eigenvalue weighted by Gasteiger charge is 2.19. The van der Waals surface area contributed by atoms with E-state index >= 15 is 0 Å². The molecule has 1 saturated heterocycles. The number of benzene rings is 2. The maximum Gasteiger partial charge on any atom is 0.315 e. The number of morpholine rings is 1. The zero-order chi connectivity index (χ0) is 18.0. The molecule has 0 bridgehead atoms. The van der Waals surface area contributed by atoms with E-state index in [1.165, 1.54) is 5.56 Å². The molecule has 1 fully saturated rings. The minimum absolute atomic E-state index is 0.0361. The van der Waals surface area contributed by atoms with E-state index < -0.39 is 0 Å². The monoisotopic (exact) mass is 353 g/mol. The lowest BCUT2D eigenvalue weighted by Crippen LogP contribution is -2.45. The Morgan fingerprint density at radius 1 is 1.00 bits per heavy atom. The molecule has 26 heavy (non-hydrogen) atoms. The molecule has 138 valence electrons. The first kappa shape index (κ1) is 18.4. The van der Waals surface area contributed by atoms with Crippen LogP contribution in [0.25, 0.3) is 0 Å². The fourth-order valence-corrected chi connectivity index (χ4v) is 3.14. The van der Waals surface area contributed by atoms with Crippen molar-refractivity contribution in [3.63, 3.8) is 0 Å². The summed E-state index contributed by atoms with van der Waals surface area (Å²) in [4.78, 5) is 14.7. The summed E-state index contributed by atoms with van der Waals surface area (Å²) in [7, 11) is 0. The number of nitrogens with zero attached hydrogens (tertiary/aromatic N) is 1. The van der Waals surface area contributed by atoms with Crippen molar-refractivity contribution in [1.29, 1.82) is 0 Å². The van der Waals surface area contributed by atoms with Crippen LogP contribution in [0, 0.1) is 0 Å². The summed E-state index contributed by atoms with van der Waals surface area (Å²) in [5.74, 6) is 0. The van der Waals surface area contributed by atoms with Gasteiger partial charge in [-0.1, -0.05) is 60.7 Å². The van der Waals surface area contributed by atoms with Crippen molar-refractivity contribution in [3.8, 4) is 0 Å². The van der Waals surface area contributed by atoms with Gasteiger partial charge in [-0.05, 0) is 17.5 Å². The molecule has 0 saturated carbocycles. The normalized spacial score (nSPS) is 16.0. The number of hydrogen-bond donors (Lipinski definition) is 2. The van der Waals surface area contributed by atoms with Crippen molar-refractivity contribution >= 4 is 6.03 Å². The lowest BCUT2D eigenvalue weighted by molar-refractivity contribution is 0.0340. The zero-order valence-corrected chi connectivity index (χ0v) is 15.1. The molecule has 0 spiro atoms. The molecular formula is C21H27N3O2. The van der Waals surface area contributed by atoms with Crippen molar-refractivity contribution in [1.82, 2.24) is 15.5 Å². The molecule has 0 aromatic heterocycles. The number of urea groups is 1. The largest absolute Gasteiger partial charge is 0.379 e. The van der Waals surface area contributed by atoms with Gasteiger partial charge >= 0.3 is 6.03 Å². The van der Waals surface area contributed by atoms with Gasteiger partial charge in [0.05, 0.1) is 19.3 Å². The average Bonchev–Trinajstić information content (AvgIpc) is 2.70. The minimum Gasteiger partial charge on any atom is -0.379 e. The molecule has 0 unspecified atom stereocenters. The summed E-state index contributed by atoms with van der Waals surface area (Å²) >= 11 is 0. The fraction of sp³-hybridized carbons (Fsp3) is 0.381. The lowest BCUT2D eigenvalue weighted by atomic mass is 10.1. The third-order valence-corrected chi connectivity index (χ3v) is 4.59. The van der Waals surface area contributed by atoms with Gasteiger partial charge in [0.1, 0.15) is 0 Å². The molecule has 5 nitrogen and oxygen atoms in total. The third-order valence-electron chi connectivity index (χ3n) is 4.59. The first-order valence-electron chi connectivity index (χ1n) is 9.24. The van der Waals surface area contributed by atoms with Crippen LogP contribution in [0.15, 0.2) is 60.7 Å². The molecule has 3 rings (SSSR count). The van der Waals surface area contributed by atoms with Crippen LogP contribution in [0.2, 0.25) is 0 Å². The van der Waals surface area contributed by atoms with Crippen LogP contribution in [0.3, 0.4) is 0 Å². The van der Waals surface area contributed by atoms with Crippen LogP contribution >= 0.6 is 0 Å². The quantitative estimate of drug-likeness (QED) is 0.804. The number of nitrogens with one attached hydrogen (secondary N) is 2. The Balaban J connectivity index is 1.53. The molecule has 0 aliphatic carbocycles.